The summed E-state index contributed by atoms with van der Waals surface area (Å²) in [6, 6.07) is 6.17. The lowest BCUT2D eigenvalue weighted by Gasteiger charge is -2.38. The monoisotopic (exact) mass is 444 g/mol. The number of morpholine rings is 1. The molecule has 0 radical (unpaired) electrons. The van der Waals surface area contributed by atoms with Crippen molar-refractivity contribution in [3.05, 3.63) is 29.3 Å². The number of thioether (sulfide) groups is 1. The van der Waals surface area contributed by atoms with E-state index in [0.29, 0.717) is 21.6 Å². The maximum atomic E-state index is 12.7. The first kappa shape index (κ1) is 21.6. The van der Waals surface area contributed by atoms with Gasteiger partial charge in [-0.15, -0.1) is 0 Å². The van der Waals surface area contributed by atoms with Gasteiger partial charge in [0.25, 0.3) is 0 Å². The minimum Gasteiger partial charge on any atom is -0.379 e. The van der Waals surface area contributed by atoms with Gasteiger partial charge < -0.3 is 15.0 Å². The summed E-state index contributed by atoms with van der Waals surface area (Å²) in [5, 5.41) is 14.7. The summed E-state index contributed by atoms with van der Waals surface area (Å²) in [6.07, 6.45) is -0.578. The van der Waals surface area contributed by atoms with Crippen LogP contribution in [0.2, 0.25) is 5.02 Å². The number of hydrogen-bond acceptors (Lipinski definition) is 6. The van der Waals surface area contributed by atoms with Crippen LogP contribution >= 0.6 is 35.6 Å². The third-order valence-corrected chi connectivity index (χ3v) is 6.64. The molecule has 2 N–H and O–H groups in total. The number of benzene rings is 1. The molecule has 0 aromatic heterocycles. The Labute approximate surface area is 179 Å². The standard InChI is InChI=1S/C18H25ClN4O3S2/c1-18(2)15(23(25)16(24)20-14-5-3-4-13(19)12-14)22(17(27)28-18)7-6-21-8-10-26-11-9-21/h3-5,12,15,25H,6-11H2,1-2H3,(H,20,24). The highest BCUT2D eigenvalue weighted by molar-refractivity contribution is 8.24. The number of carbonyl (C=O) groups excluding carboxylic acids is 1. The van der Waals surface area contributed by atoms with E-state index in [1.165, 1.54) is 11.8 Å². The molecule has 1 unspecified atom stereocenters. The predicted molar refractivity (Wildman–Crippen MR) is 116 cm³/mol. The van der Waals surface area contributed by atoms with E-state index in [1.807, 2.05) is 18.7 Å². The summed E-state index contributed by atoms with van der Waals surface area (Å²) >= 11 is 13.0. The molecule has 0 saturated carbocycles. The lowest BCUT2D eigenvalue weighted by atomic mass is 10.1. The summed E-state index contributed by atoms with van der Waals surface area (Å²) in [7, 11) is 0. The topological polar surface area (TPSA) is 68.3 Å². The lowest BCUT2D eigenvalue weighted by molar-refractivity contribution is -0.115. The van der Waals surface area contributed by atoms with Gasteiger partial charge in [0, 0.05) is 36.9 Å². The second-order valence-corrected chi connectivity index (χ2v) is 10.0. The quantitative estimate of drug-likeness (QED) is 0.410. The van der Waals surface area contributed by atoms with E-state index < -0.39 is 16.9 Å². The fourth-order valence-corrected chi connectivity index (χ4v) is 5.50. The van der Waals surface area contributed by atoms with E-state index >= 15 is 0 Å². The average molecular weight is 445 g/mol. The Hall–Kier alpha value is -1.10. The summed E-state index contributed by atoms with van der Waals surface area (Å²) in [4.78, 5) is 16.9. The van der Waals surface area contributed by atoms with Gasteiger partial charge in [0.15, 0.2) is 0 Å². The zero-order valence-corrected chi connectivity index (χ0v) is 18.3. The Morgan fingerprint density at radius 1 is 1.43 bits per heavy atom. The molecule has 28 heavy (non-hydrogen) atoms. The summed E-state index contributed by atoms with van der Waals surface area (Å²) in [6.45, 7) is 8.56. The van der Waals surface area contributed by atoms with Crippen molar-refractivity contribution >= 4 is 51.6 Å². The number of urea groups is 1. The van der Waals surface area contributed by atoms with E-state index in [-0.39, 0.29) is 0 Å². The second-order valence-electron chi connectivity index (χ2n) is 7.28. The van der Waals surface area contributed by atoms with Crippen molar-refractivity contribution in [2.24, 2.45) is 0 Å². The number of nitrogens with zero attached hydrogens (tertiary/aromatic N) is 3. The zero-order chi connectivity index (χ0) is 20.3. The first-order chi connectivity index (χ1) is 13.3. The number of rotatable bonds is 5. The number of thiocarbonyl (C=S) groups is 1. The fraction of sp³-hybridized carbons (Fsp3) is 0.556. The number of anilines is 1. The number of amides is 2. The van der Waals surface area contributed by atoms with Gasteiger partial charge in [-0.05, 0) is 32.0 Å². The van der Waals surface area contributed by atoms with Crippen LogP contribution in [0.3, 0.4) is 0 Å². The predicted octanol–water partition coefficient (Wildman–Crippen LogP) is 3.33. The summed E-state index contributed by atoms with van der Waals surface area (Å²) in [5.74, 6) is 0. The van der Waals surface area contributed by atoms with Crippen molar-refractivity contribution in [2.75, 3.05) is 44.7 Å². The molecular formula is C18H25ClN4O3S2. The Morgan fingerprint density at radius 3 is 2.82 bits per heavy atom. The van der Waals surface area contributed by atoms with E-state index in [0.717, 1.165) is 37.9 Å². The minimum absolute atomic E-state index is 0.456. The molecule has 2 amide bonds. The van der Waals surface area contributed by atoms with Crippen molar-refractivity contribution in [2.45, 2.75) is 24.8 Å². The average Bonchev–Trinajstić information content (AvgIpc) is 2.88. The Kier molecular flexibility index (Phi) is 7.06. The van der Waals surface area contributed by atoms with Gasteiger partial charge in [0.2, 0.25) is 0 Å². The molecule has 3 rings (SSSR count). The van der Waals surface area contributed by atoms with Crippen molar-refractivity contribution < 1.29 is 14.7 Å². The van der Waals surface area contributed by atoms with Gasteiger partial charge in [-0.3, -0.25) is 10.1 Å². The number of ether oxygens (including phenoxy) is 1. The van der Waals surface area contributed by atoms with Gasteiger partial charge in [0.1, 0.15) is 10.5 Å². The van der Waals surface area contributed by atoms with Gasteiger partial charge in [-0.2, -0.15) is 5.06 Å². The summed E-state index contributed by atoms with van der Waals surface area (Å²) in [5.41, 5.74) is 0.516. The normalized spacial score (nSPS) is 22.4. The number of hydrogen-bond donors (Lipinski definition) is 2. The molecule has 2 saturated heterocycles. The van der Waals surface area contributed by atoms with Crippen LogP contribution in [-0.2, 0) is 4.74 Å². The van der Waals surface area contributed by atoms with Crippen molar-refractivity contribution in [3.8, 4) is 0 Å². The van der Waals surface area contributed by atoms with Crippen LogP contribution in [0, 0.1) is 0 Å². The number of carbonyl (C=O) groups is 1. The largest absolute Gasteiger partial charge is 0.379 e. The van der Waals surface area contributed by atoms with Crippen molar-refractivity contribution in [1.82, 2.24) is 14.9 Å². The molecule has 2 aliphatic rings. The SMILES string of the molecule is CC1(C)SC(=S)N(CCN2CCOCC2)C1N(O)C(=O)Nc1cccc(Cl)c1. The molecule has 1 atom stereocenters. The van der Waals surface area contributed by atoms with E-state index in [4.69, 9.17) is 28.6 Å². The first-order valence-corrected chi connectivity index (χ1v) is 10.7. The Bertz CT molecular complexity index is 731. The van der Waals surface area contributed by atoms with Crippen LogP contribution in [0.25, 0.3) is 0 Å². The molecule has 2 aliphatic heterocycles. The van der Waals surface area contributed by atoms with Crippen LogP contribution in [-0.4, -0.2) is 80.7 Å². The lowest BCUT2D eigenvalue weighted by Crippen LogP contribution is -2.56. The molecule has 1 aromatic carbocycles. The highest BCUT2D eigenvalue weighted by atomic mass is 35.5. The van der Waals surface area contributed by atoms with Crippen molar-refractivity contribution in [1.29, 1.82) is 0 Å². The Balaban J connectivity index is 1.69. The van der Waals surface area contributed by atoms with Gasteiger partial charge in [-0.1, -0.05) is 41.6 Å². The molecule has 10 heteroatoms. The maximum absolute atomic E-state index is 12.7. The van der Waals surface area contributed by atoms with Gasteiger partial charge >= 0.3 is 6.03 Å². The molecule has 0 spiro atoms. The van der Waals surface area contributed by atoms with E-state index in [2.05, 4.69) is 10.2 Å². The van der Waals surface area contributed by atoms with Crippen molar-refractivity contribution in [3.63, 3.8) is 0 Å². The maximum Gasteiger partial charge on any atom is 0.347 e. The first-order valence-electron chi connectivity index (χ1n) is 9.12. The highest BCUT2D eigenvalue weighted by Crippen LogP contribution is 2.42. The fourth-order valence-electron chi connectivity index (χ4n) is 3.38. The smallest absolute Gasteiger partial charge is 0.347 e. The van der Waals surface area contributed by atoms with Gasteiger partial charge in [-0.25, -0.2) is 4.79 Å². The third kappa shape index (κ3) is 5.08. The van der Waals surface area contributed by atoms with Crippen LogP contribution in [0.15, 0.2) is 24.3 Å². The second kappa shape index (κ2) is 9.15. The molecule has 2 fully saturated rings. The molecule has 154 valence electrons. The molecular weight excluding hydrogens is 420 g/mol. The highest BCUT2D eigenvalue weighted by Gasteiger charge is 2.49. The number of halogens is 1. The molecule has 7 nitrogen and oxygen atoms in total. The number of hydroxylamine groups is 2. The summed E-state index contributed by atoms with van der Waals surface area (Å²) < 4.78 is 5.61. The molecule has 0 aliphatic carbocycles. The van der Waals surface area contributed by atoms with Crippen LogP contribution in [0.5, 0.6) is 0 Å². The van der Waals surface area contributed by atoms with Crippen LogP contribution in [0.1, 0.15) is 13.8 Å². The van der Waals surface area contributed by atoms with E-state index in [9.17, 15) is 10.0 Å². The van der Waals surface area contributed by atoms with E-state index in [1.54, 1.807) is 24.3 Å². The zero-order valence-electron chi connectivity index (χ0n) is 15.9. The van der Waals surface area contributed by atoms with Gasteiger partial charge in [0.05, 0.1) is 18.0 Å². The molecule has 1 aromatic rings. The van der Waals surface area contributed by atoms with Crippen LogP contribution in [0.4, 0.5) is 10.5 Å². The minimum atomic E-state index is -0.623. The number of nitrogens with one attached hydrogen (secondary N) is 1. The van der Waals surface area contributed by atoms with Crippen LogP contribution < -0.4 is 5.32 Å². The third-order valence-electron chi connectivity index (χ3n) is 4.78. The molecule has 0 bridgehead atoms. The Morgan fingerprint density at radius 2 is 2.14 bits per heavy atom. The molecule has 2 heterocycles.